The third-order valence-electron chi connectivity index (χ3n) is 4.29. The van der Waals surface area contributed by atoms with E-state index in [1.165, 1.54) is 11.8 Å². The van der Waals surface area contributed by atoms with E-state index in [9.17, 15) is 4.79 Å². The van der Waals surface area contributed by atoms with Gasteiger partial charge < -0.3 is 9.15 Å². The Balaban J connectivity index is 1.51. The molecule has 5 nitrogen and oxygen atoms in total. The average molecular weight is 445 g/mol. The van der Waals surface area contributed by atoms with Crippen molar-refractivity contribution >= 4 is 35.3 Å². The number of hydrazone groups is 1. The molecule has 0 aliphatic carbocycles. The van der Waals surface area contributed by atoms with Gasteiger partial charge in [-0.1, -0.05) is 56.1 Å². The number of hydrogen-bond acceptors (Lipinski definition) is 4. The van der Waals surface area contributed by atoms with E-state index in [4.69, 9.17) is 32.4 Å². The summed E-state index contributed by atoms with van der Waals surface area (Å²) in [7, 11) is 0. The predicted molar refractivity (Wildman–Crippen MR) is 121 cm³/mol. The third-order valence-corrected chi connectivity index (χ3v) is 4.86. The minimum Gasteiger partial charge on any atom is -0.484 e. The summed E-state index contributed by atoms with van der Waals surface area (Å²) in [5, 5.41) is 4.97. The lowest BCUT2D eigenvalue weighted by Crippen LogP contribution is -2.24. The molecule has 7 heteroatoms. The molecule has 156 valence electrons. The largest absolute Gasteiger partial charge is 0.484 e. The Kier molecular flexibility index (Phi) is 6.85. The Morgan fingerprint density at radius 1 is 1.10 bits per heavy atom. The standard InChI is InChI=1S/C23H22Cl2N2O3/c1-23(2,3)15-4-7-17(8-5-15)29-14-22(28)27-26-13-18-9-11-21(30-18)19-12-16(24)6-10-20(19)25/h4-13H,14H2,1-3H3,(H,27,28). The van der Waals surface area contributed by atoms with Gasteiger partial charge in [0, 0.05) is 10.6 Å². The van der Waals surface area contributed by atoms with E-state index in [-0.39, 0.29) is 17.9 Å². The van der Waals surface area contributed by atoms with Gasteiger partial charge in [-0.05, 0) is 53.4 Å². The second-order valence-corrected chi connectivity index (χ2v) is 8.53. The Bertz CT molecular complexity index is 1050. The maximum atomic E-state index is 11.9. The molecular formula is C23H22Cl2N2O3. The summed E-state index contributed by atoms with van der Waals surface area (Å²) in [5.74, 6) is 1.25. The molecule has 3 aromatic rings. The van der Waals surface area contributed by atoms with Crippen molar-refractivity contribution in [2.24, 2.45) is 5.10 Å². The number of benzene rings is 2. The van der Waals surface area contributed by atoms with E-state index < -0.39 is 0 Å². The number of furan rings is 1. The van der Waals surface area contributed by atoms with Crippen LogP contribution in [0.3, 0.4) is 0 Å². The van der Waals surface area contributed by atoms with Gasteiger partial charge in [-0.15, -0.1) is 0 Å². The minimum absolute atomic E-state index is 0.0639. The van der Waals surface area contributed by atoms with Gasteiger partial charge in [0.15, 0.2) is 6.61 Å². The average Bonchev–Trinajstić information content (AvgIpc) is 3.16. The van der Waals surface area contributed by atoms with Crippen LogP contribution in [0, 0.1) is 0 Å². The Morgan fingerprint density at radius 2 is 1.83 bits per heavy atom. The van der Waals surface area contributed by atoms with Crippen LogP contribution in [0.4, 0.5) is 0 Å². The molecular weight excluding hydrogens is 423 g/mol. The Labute approximate surface area is 185 Å². The molecule has 1 heterocycles. The van der Waals surface area contributed by atoms with E-state index in [0.717, 1.165) is 0 Å². The molecule has 3 rings (SSSR count). The normalized spacial score (nSPS) is 11.6. The van der Waals surface area contributed by atoms with Crippen molar-refractivity contribution in [3.8, 4) is 17.1 Å². The lowest BCUT2D eigenvalue weighted by Gasteiger charge is -2.19. The molecule has 0 aliphatic rings. The molecule has 0 fully saturated rings. The van der Waals surface area contributed by atoms with Crippen molar-refractivity contribution < 1.29 is 13.9 Å². The minimum atomic E-state index is -0.379. The number of nitrogens with zero attached hydrogens (tertiary/aromatic N) is 1. The summed E-state index contributed by atoms with van der Waals surface area (Å²) < 4.78 is 11.2. The quantitative estimate of drug-likeness (QED) is 0.370. The number of amides is 1. The van der Waals surface area contributed by atoms with Crippen LogP contribution in [0.1, 0.15) is 32.1 Å². The van der Waals surface area contributed by atoms with Gasteiger partial charge in [-0.25, -0.2) is 5.43 Å². The summed E-state index contributed by atoms with van der Waals surface area (Å²) in [6.07, 6.45) is 1.40. The van der Waals surface area contributed by atoms with Crippen LogP contribution in [-0.2, 0) is 10.2 Å². The number of hydrogen-bond donors (Lipinski definition) is 1. The van der Waals surface area contributed by atoms with Crippen LogP contribution in [0.2, 0.25) is 10.0 Å². The van der Waals surface area contributed by atoms with E-state index in [0.29, 0.717) is 32.9 Å². The maximum absolute atomic E-state index is 11.9. The van der Waals surface area contributed by atoms with Crippen molar-refractivity contribution in [1.29, 1.82) is 0 Å². The van der Waals surface area contributed by atoms with Gasteiger partial charge in [-0.2, -0.15) is 5.10 Å². The van der Waals surface area contributed by atoms with E-state index in [1.807, 2.05) is 24.3 Å². The maximum Gasteiger partial charge on any atom is 0.277 e. The highest BCUT2D eigenvalue weighted by Crippen LogP contribution is 2.31. The van der Waals surface area contributed by atoms with Gasteiger partial charge in [-0.3, -0.25) is 4.79 Å². The smallest absolute Gasteiger partial charge is 0.277 e. The third kappa shape index (κ3) is 5.88. The fraction of sp³-hybridized carbons (Fsp3) is 0.217. The molecule has 0 spiro atoms. The van der Waals surface area contributed by atoms with Crippen LogP contribution in [0.5, 0.6) is 5.75 Å². The zero-order chi connectivity index (χ0) is 21.7. The molecule has 0 aliphatic heterocycles. The number of rotatable bonds is 6. The van der Waals surface area contributed by atoms with Gasteiger partial charge in [0.05, 0.1) is 11.2 Å². The molecule has 0 bridgehead atoms. The summed E-state index contributed by atoms with van der Waals surface area (Å²) in [6.45, 7) is 6.27. The van der Waals surface area contributed by atoms with Gasteiger partial charge in [0.1, 0.15) is 17.3 Å². The predicted octanol–water partition coefficient (Wildman–Crippen LogP) is 6.08. The first-order chi connectivity index (χ1) is 14.2. The first-order valence-electron chi connectivity index (χ1n) is 9.33. The first-order valence-corrected chi connectivity index (χ1v) is 10.1. The molecule has 1 amide bonds. The fourth-order valence-corrected chi connectivity index (χ4v) is 3.04. The molecule has 2 aromatic carbocycles. The Hall–Kier alpha value is -2.76. The summed E-state index contributed by atoms with van der Waals surface area (Å²) in [4.78, 5) is 11.9. The molecule has 0 unspecified atom stereocenters. The van der Waals surface area contributed by atoms with Crippen molar-refractivity contribution in [2.45, 2.75) is 26.2 Å². The summed E-state index contributed by atoms with van der Waals surface area (Å²) >= 11 is 12.2. The fourth-order valence-electron chi connectivity index (χ4n) is 2.65. The Morgan fingerprint density at radius 3 is 2.53 bits per heavy atom. The van der Waals surface area contributed by atoms with Crippen LogP contribution in [0.25, 0.3) is 11.3 Å². The van der Waals surface area contributed by atoms with Crippen molar-refractivity contribution in [3.63, 3.8) is 0 Å². The highest BCUT2D eigenvalue weighted by Gasteiger charge is 2.13. The lowest BCUT2D eigenvalue weighted by atomic mass is 9.87. The zero-order valence-electron chi connectivity index (χ0n) is 16.9. The zero-order valence-corrected chi connectivity index (χ0v) is 18.4. The van der Waals surface area contributed by atoms with Crippen molar-refractivity contribution in [1.82, 2.24) is 5.43 Å². The molecule has 0 atom stereocenters. The van der Waals surface area contributed by atoms with Gasteiger partial charge in [0.2, 0.25) is 0 Å². The van der Waals surface area contributed by atoms with Crippen LogP contribution in [-0.4, -0.2) is 18.7 Å². The van der Waals surface area contributed by atoms with Gasteiger partial charge in [0.25, 0.3) is 5.91 Å². The number of halogens is 2. The van der Waals surface area contributed by atoms with Crippen molar-refractivity contribution in [2.75, 3.05) is 6.61 Å². The highest BCUT2D eigenvalue weighted by molar-refractivity contribution is 6.35. The van der Waals surface area contributed by atoms with E-state index >= 15 is 0 Å². The van der Waals surface area contributed by atoms with Crippen LogP contribution >= 0.6 is 23.2 Å². The van der Waals surface area contributed by atoms with Crippen LogP contribution < -0.4 is 10.2 Å². The number of carbonyl (C=O) groups is 1. The summed E-state index contributed by atoms with van der Waals surface area (Å²) in [6, 6.07) is 16.3. The molecule has 1 aromatic heterocycles. The molecule has 30 heavy (non-hydrogen) atoms. The van der Waals surface area contributed by atoms with Crippen LogP contribution in [0.15, 0.2) is 64.1 Å². The lowest BCUT2D eigenvalue weighted by molar-refractivity contribution is -0.123. The summed E-state index contributed by atoms with van der Waals surface area (Å²) in [5.41, 5.74) is 4.34. The van der Waals surface area contributed by atoms with Gasteiger partial charge >= 0.3 is 0 Å². The number of ether oxygens (including phenoxy) is 1. The topological polar surface area (TPSA) is 63.8 Å². The highest BCUT2D eigenvalue weighted by atomic mass is 35.5. The molecule has 0 radical (unpaired) electrons. The SMILES string of the molecule is CC(C)(C)c1ccc(OCC(=O)NN=Cc2ccc(-c3cc(Cl)ccc3Cl)o2)cc1. The first kappa shape index (κ1) is 21.9. The molecule has 1 N–H and O–H groups in total. The number of carbonyl (C=O) groups excluding carboxylic acids is 1. The molecule has 0 saturated heterocycles. The second-order valence-electron chi connectivity index (χ2n) is 7.68. The van der Waals surface area contributed by atoms with E-state index in [2.05, 4.69) is 31.3 Å². The monoisotopic (exact) mass is 444 g/mol. The molecule has 0 saturated carbocycles. The second kappa shape index (κ2) is 9.37. The van der Waals surface area contributed by atoms with E-state index in [1.54, 1.807) is 30.3 Å². The number of nitrogens with one attached hydrogen (secondary N) is 1. The van der Waals surface area contributed by atoms with Crippen molar-refractivity contribution in [3.05, 3.63) is 76.0 Å².